The second kappa shape index (κ2) is 12.5. The van der Waals surface area contributed by atoms with Gasteiger partial charge in [0.1, 0.15) is 10.9 Å². The number of carbonyl (C=O) groups excluding carboxylic acids is 1. The van der Waals surface area contributed by atoms with Crippen LogP contribution in [0.3, 0.4) is 0 Å². The molecule has 4 N–H and O–H groups in total. The van der Waals surface area contributed by atoms with Gasteiger partial charge in [0.05, 0.1) is 5.02 Å². The predicted octanol–water partition coefficient (Wildman–Crippen LogP) is 4.70. The first kappa shape index (κ1) is 27.8. The molecule has 0 unspecified atom stereocenters. The Bertz CT molecular complexity index is 1560. The first-order valence-electron chi connectivity index (χ1n) is 11.8. The normalized spacial score (nSPS) is 11.9. The summed E-state index contributed by atoms with van der Waals surface area (Å²) in [5, 5.41) is 15.2. The third-order valence-corrected chi connectivity index (χ3v) is 7.74. The lowest BCUT2D eigenvalue weighted by Gasteiger charge is -2.16. The molecule has 3 aromatic carbocycles. The zero-order chi connectivity index (χ0) is 27.8. The molecule has 0 aliphatic heterocycles. The molecule has 1 heterocycles. The van der Waals surface area contributed by atoms with Gasteiger partial charge in [-0.15, -0.1) is 0 Å². The lowest BCUT2D eigenvalue weighted by molar-refractivity contribution is -0.138. The molecule has 11 heteroatoms. The Morgan fingerprint density at radius 2 is 1.59 bits per heavy atom. The van der Waals surface area contributed by atoms with Gasteiger partial charge in [0, 0.05) is 24.6 Å². The Morgan fingerprint density at radius 1 is 0.872 bits per heavy atom. The first-order valence-corrected chi connectivity index (χ1v) is 13.7. The number of hydrogen-bond acceptors (Lipinski definition) is 5. The van der Waals surface area contributed by atoms with Crippen molar-refractivity contribution in [3.8, 4) is 11.1 Å². The van der Waals surface area contributed by atoms with E-state index in [4.69, 9.17) is 11.6 Å². The molecule has 0 radical (unpaired) electrons. The molecule has 39 heavy (non-hydrogen) atoms. The minimum atomic E-state index is -4.15. The fourth-order valence-corrected chi connectivity index (χ4v) is 5.51. The van der Waals surface area contributed by atoms with Crippen LogP contribution in [0.5, 0.6) is 0 Å². The third kappa shape index (κ3) is 7.64. The van der Waals surface area contributed by atoms with E-state index in [1.54, 1.807) is 48.8 Å². The van der Waals surface area contributed by atoms with E-state index in [0.717, 1.165) is 16.7 Å². The molecule has 0 fully saturated rings. The van der Waals surface area contributed by atoms with Crippen molar-refractivity contribution >= 4 is 39.3 Å². The van der Waals surface area contributed by atoms with Crippen LogP contribution in [-0.4, -0.2) is 36.6 Å². The largest absolute Gasteiger partial charge is 0.480 e. The van der Waals surface area contributed by atoms with Crippen molar-refractivity contribution in [1.82, 2.24) is 15.0 Å². The Morgan fingerprint density at radius 3 is 2.28 bits per heavy atom. The second-order valence-electron chi connectivity index (χ2n) is 8.59. The van der Waals surface area contributed by atoms with E-state index in [1.165, 1.54) is 18.2 Å². The average molecular weight is 565 g/mol. The molecule has 1 atom stereocenters. The molecule has 1 aromatic heterocycles. The maximum Gasteiger partial charge on any atom is 0.322 e. The molecule has 0 spiro atoms. The highest BCUT2D eigenvalue weighted by Crippen LogP contribution is 2.24. The topological polar surface area (TPSA) is 137 Å². The maximum absolute atomic E-state index is 12.7. The summed E-state index contributed by atoms with van der Waals surface area (Å²) >= 11 is 5.99. The van der Waals surface area contributed by atoms with Crippen LogP contribution in [0.15, 0.2) is 102 Å². The maximum atomic E-state index is 12.7. The highest BCUT2D eigenvalue weighted by molar-refractivity contribution is 7.89. The summed E-state index contributed by atoms with van der Waals surface area (Å²) in [6.45, 7) is 0.362. The quantitative estimate of drug-likeness (QED) is 0.220. The number of aromatic nitrogens is 1. The van der Waals surface area contributed by atoms with Gasteiger partial charge in [0.25, 0.3) is 0 Å². The van der Waals surface area contributed by atoms with Crippen LogP contribution >= 0.6 is 11.6 Å². The first-order chi connectivity index (χ1) is 18.7. The van der Waals surface area contributed by atoms with Crippen molar-refractivity contribution in [3.63, 3.8) is 0 Å². The highest BCUT2D eigenvalue weighted by Gasteiger charge is 2.27. The Balaban J connectivity index is 1.40. The molecule has 0 saturated heterocycles. The standard InChI is InChI=1S/C28H25ClN4O5S/c29-24-6-1-2-7-26(24)39(37,38)33-25(27(34)35)16-19-8-10-21(11-9-19)22-4-3-5-23(17-22)32-28(36)31-18-20-12-14-30-15-13-20/h1-15,17,25,33H,16,18H2,(H,34,35)(H2,31,32,36)/t25-/m0/s1. The van der Waals surface area contributed by atoms with Gasteiger partial charge < -0.3 is 15.7 Å². The van der Waals surface area contributed by atoms with Crippen LogP contribution in [0.2, 0.25) is 5.02 Å². The Kier molecular flexibility index (Phi) is 8.92. The molecule has 9 nitrogen and oxygen atoms in total. The van der Waals surface area contributed by atoms with Crippen LogP contribution in [-0.2, 0) is 27.8 Å². The van der Waals surface area contributed by atoms with Crippen molar-refractivity contribution < 1.29 is 23.1 Å². The number of urea groups is 1. The van der Waals surface area contributed by atoms with E-state index in [-0.39, 0.29) is 22.4 Å². The van der Waals surface area contributed by atoms with Gasteiger partial charge >= 0.3 is 12.0 Å². The summed E-state index contributed by atoms with van der Waals surface area (Å²) in [7, 11) is -4.15. The molecular weight excluding hydrogens is 540 g/mol. The molecule has 0 saturated carbocycles. The monoisotopic (exact) mass is 564 g/mol. The molecule has 4 aromatic rings. The summed E-state index contributed by atoms with van der Waals surface area (Å²) < 4.78 is 27.7. The summed E-state index contributed by atoms with van der Waals surface area (Å²) in [4.78, 5) is 27.9. The number of carboxylic acids is 1. The minimum Gasteiger partial charge on any atom is -0.480 e. The third-order valence-electron chi connectivity index (χ3n) is 5.77. The number of rotatable bonds is 10. The second-order valence-corrected chi connectivity index (χ2v) is 10.7. The SMILES string of the molecule is O=C(NCc1ccncc1)Nc1cccc(-c2ccc(C[C@H](NS(=O)(=O)c3ccccc3Cl)C(=O)O)cc2)c1. The van der Waals surface area contributed by atoms with Gasteiger partial charge in [-0.2, -0.15) is 4.72 Å². The zero-order valence-electron chi connectivity index (χ0n) is 20.5. The predicted molar refractivity (Wildman–Crippen MR) is 149 cm³/mol. The summed E-state index contributed by atoms with van der Waals surface area (Å²) in [5.74, 6) is -1.31. The molecule has 2 amide bonds. The Hall–Kier alpha value is -4.25. The minimum absolute atomic E-state index is 0.00133. The van der Waals surface area contributed by atoms with E-state index >= 15 is 0 Å². The number of carboxylic acid groups (broad SMARTS) is 1. The molecule has 0 aliphatic carbocycles. The molecular formula is C28H25ClN4O5S. The molecule has 0 aliphatic rings. The van der Waals surface area contributed by atoms with Gasteiger partial charge in [0.2, 0.25) is 10.0 Å². The van der Waals surface area contributed by atoms with E-state index in [2.05, 4.69) is 20.3 Å². The number of aliphatic carboxylic acids is 1. The number of hydrogen-bond donors (Lipinski definition) is 4. The van der Waals surface area contributed by atoms with Gasteiger partial charge in [-0.05, 0) is 65.1 Å². The van der Waals surface area contributed by atoms with Gasteiger partial charge in [0.15, 0.2) is 0 Å². The van der Waals surface area contributed by atoms with Crippen molar-refractivity contribution in [3.05, 3.63) is 113 Å². The van der Waals surface area contributed by atoms with Crippen LogP contribution in [0.1, 0.15) is 11.1 Å². The lowest BCUT2D eigenvalue weighted by Crippen LogP contribution is -2.42. The number of anilines is 1. The van der Waals surface area contributed by atoms with Crippen LogP contribution in [0.4, 0.5) is 10.5 Å². The van der Waals surface area contributed by atoms with E-state index in [1.807, 2.05) is 30.3 Å². The van der Waals surface area contributed by atoms with E-state index in [9.17, 15) is 23.1 Å². The Labute approximate surface area is 230 Å². The number of sulfonamides is 1. The van der Waals surface area contributed by atoms with Crippen LogP contribution < -0.4 is 15.4 Å². The highest BCUT2D eigenvalue weighted by atomic mass is 35.5. The number of amides is 2. The van der Waals surface area contributed by atoms with Crippen molar-refractivity contribution in [2.24, 2.45) is 0 Å². The number of carbonyl (C=O) groups is 2. The van der Waals surface area contributed by atoms with Crippen LogP contribution in [0.25, 0.3) is 11.1 Å². The number of benzene rings is 3. The van der Waals surface area contributed by atoms with Crippen molar-refractivity contribution in [2.75, 3.05) is 5.32 Å². The van der Waals surface area contributed by atoms with Crippen LogP contribution in [0, 0.1) is 0 Å². The summed E-state index contributed by atoms with van der Waals surface area (Å²) in [6, 6.07) is 22.1. The fourth-order valence-electron chi connectivity index (χ4n) is 3.80. The van der Waals surface area contributed by atoms with Gasteiger partial charge in [-0.3, -0.25) is 9.78 Å². The fraction of sp³-hybridized carbons (Fsp3) is 0.107. The van der Waals surface area contributed by atoms with Crippen molar-refractivity contribution in [2.45, 2.75) is 23.9 Å². The van der Waals surface area contributed by atoms with Gasteiger partial charge in [-0.25, -0.2) is 13.2 Å². The zero-order valence-corrected chi connectivity index (χ0v) is 22.1. The average Bonchev–Trinajstić information content (AvgIpc) is 2.93. The van der Waals surface area contributed by atoms with E-state index in [0.29, 0.717) is 17.8 Å². The smallest absolute Gasteiger partial charge is 0.322 e. The van der Waals surface area contributed by atoms with E-state index < -0.39 is 22.0 Å². The summed E-state index contributed by atoms with van der Waals surface area (Å²) in [5.41, 5.74) is 3.82. The van der Waals surface area contributed by atoms with Crippen molar-refractivity contribution in [1.29, 1.82) is 0 Å². The number of nitrogens with zero attached hydrogens (tertiary/aromatic N) is 1. The summed E-state index contributed by atoms with van der Waals surface area (Å²) in [6.07, 6.45) is 3.24. The lowest BCUT2D eigenvalue weighted by atomic mass is 10.0. The molecule has 0 bridgehead atoms. The van der Waals surface area contributed by atoms with Gasteiger partial charge in [-0.1, -0.05) is 60.1 Å². The number of nitrogens with one attached hydrogen (secondary N) is 3. The molecule has 4 rings (SSSR count). The number of pyridine rings is 1. The number of halogens is 1. The molecule has 200 valence electrons.